The molecule has 0 radical (unpaired) electrons. The lowest BCUT2D eigenvalue weighted by Crippen LogP contribution is -2.26. The molecule has 2 aromatic rings. The van der Waals surface area contributed by atoms with Crippen LogP contribution in [0.5, 0.6) is 5.75 Å². The molecule has 0 saturated carbocycles. The average Bonchev–Trinajstić information content (AvgIpc) is 2.73. The molecule has 1 aromatic heterocycles. The van der Waals surface area contributed by atoms with Crippen LogP contribution in [0.25, 0.3) is 10.9 Å². The van der Waals surface area contributed by atoms with Crippen LogP contribution in [0.3, 0.4) is 0 Å². The van der Waals surface area contributed by atoms with Gasteiger partial charge < -0.3 is 9.47 Å². The summed E-state index contributed by atoms with van der Waals surface area (Å²) in [7, 11) is 1.56. The van der Waals surface area contributed by atoms with Crippen molar-refractivity contribution in [2.45, 2.75) is 31.7 Å². The third-order valence-electron chi connectivity index (χ3n) is 2.89. The van der Waals surface area contributed by atoms with Crippen LogP contribution < -0.4 is 4.74 Å². The molecule has 2 rings (SSSR count). The third kappa shape index (κ3) is 3.35. The van der Waals surface area contributed by atoms with Crippen molar-refractivity contribution in [3.05, 3.63) is 28.9 Å². The number of hydrogen-bond donors (Lipinski definition) is 0. The van der Waals surface area contributed by atoms with Crippen molar-refractivity contribution in [3.63, 3.8) is 0 Å². The molecular weight excluding hydrogens is 358 g/mol. The van der Waals surface area contributed by atoms with Crippen LogP contribution in [0.4, 0.5) is 4.79 Å². The van der Waals surface area contributed by atoms with E-state index in [0.717, 1.165) is 10.9 Å². The fourth-order valence-electron chi connectivity index (χ4n) is 2.02. The monoisotopic (exact) mass is 373 g/mol. The smallest absolute Gasteiger partial charge is 0.419 e. The topological polar surface area (TPSA) is 40.5 Å². The summed E-state index contributed by atoms with van der Waals surface area (Å²) in [5.74, 6) is 0.577. The Hall–Kier alpha value is -1.20. The highest BCUT2D eigenvalue weighted by atomic mass is 79.9. The number of methoxy groups -OCH3 is 1. The summed E-state index contributed by atoms with van der Waals surface area (Å²) in [6.45, 7) is 5.49. The summed E-state index contributed by atoms with van der Waals surface area (Å²) >= 11 is 9.59. The van der Waals surface area contributed by atoms with E-state index in [1.807, 2.05) is 26.8 Å². The number of nitrogens with zero attached hydrogens (tertiary/aromatic N) is 1. The van der Waals surface area contributed by atoms with E-state index in [1.54, 1.807) is 19.4 Å². The molecule has 0 N–H and O–H groups in total. The quantitative estimate of drug-likeness (QED) is 0.696. The zero-order valence-corrected chi connectivity index (χ0v) is 14.7. The second kappa shape index (κ2) is 5.89. The van der Waals surface area contributed by atoms with Crippen molar-refractivity contribution >= 4 is 44.5 Å². The Labute approximate surface area is 137 Å². The molecular formula is C15H17BrClNO3. The fourth-order valence-corrected chi connectivity index (χ4v) is 2.70. The first kappa shape index (κ1) is 16.2. The Morgan fingerprint density at radius 1 is 1.38 bits per heavy atom. The molecule has 21 heavy (non-hydrogen) atoms. The van der Waals surface area contributed by atoms with Gasteiger partial charge in [-0.1, -0.05) is 27.5 Å². The van der Waals surface area contributed by atoms with Gasteiger partial charge in [-0.2, -0.15) is 0 Å². The summed E-state index contributed by atoms with van der Waals surface area (Å²) in [6, 6.07) is 3.54. The largest absolute Gasteiger partial charge is 0.495 e. The lowest BCUT2D eigenvalue weighted by molar-refractivity contribution is 0.0544. The number of alkyl halides is 1. The standard InChI is InChI=1S/C15H17BrClNO3/c1-15(2,3)21-14(19)18-8-9(7-16)10-5-13(20-4)11(17)6-12(10)18/h5-6,8H,7H2,1-4H3. The van der Waals surface area contributed by atoms with Gasteiger partial charge in [0, 0.05) is 16.9 Å². The lowest BCUT2D eigenvalue weighted by atomic mass is 10.2. The SMILES string of the molecule is COc1cc2c(CBr)cn(C(=O)OC(C)(C)C)c2cc1Cl. The minimum Gasteiger partial charge on any atom is -0.495 e. The van der Waals surface area contributed by atoms with E-state index in [4.69, 9.17) is 21.1 Å². The molecule has 0 aliphatic rings. The summed E-state index contributed by atoms with van der Waals surface area (Å²) in [5, 5.41) is 1.97. The van der Waals surface area contributed by atoms with E-state index in [0.29, 0.717) is 21.6 Å². The summed E-state index contributed by atoms with van der Waals surface area (Å²) in [5.41, 5.74) is 1.11. The van der Waals surface area contributed by atoms with Crippen molar-refractivity contribution in [1.82, 2.24) is 4.57 Å². The Kier molecular flexibility index (Phi) is 4.54. The second-order valence-electron chi connectivity index (χ2n) is 5.64. The second-order valence-corrected chi connectivity index (χ2v) is 6.61. The maximum Gasteiger partial charge on any atom is 0.419 e. The van der Waals surface area contributed by atoms with Crippen molar-refractivity contribution in [1.29, 1.82) is 0 Å². The fraction of sp³-hybridized carbons (Fsp3) is 0.400. The van der Waals surface area contributed by atoms with Gasteiger partial charge in [0.05, 0.1) is 17.6 Å². The van der Waals surface area contributed by atoms with Gasteiger partial charge >= 0.3 is 6.09 Å². The van der Waals surface area contributed by atoms with Gasteiger partial charge in [0.1, 0.15) is 11.4 Å². The maximum absolute atomic E-state index is 12.3. The Bertz CT molecular complexity index is 688. The van der Waals surface area contributed by atoms with Gasteiger partial charge in [-0.15, -0.1) is 0 Å². The van der Waals surface area contributed by atoms with Crippen LogP contribution >= 0.6 is 27.5 Å². The molecule has 0 atom stereocenters. The summed E-state index contributed by atoms with van der Waals surface area (Å²) in [6.07, 6.45) is 1.32. The van der Waals surface area contributed by atoms with Crippen molar-refractivity contribution in [2.24, 2.45) is 0 Å². The zero-order valence-electron chi connectivity index (χ0n) is 12.4. The Morgan fingerprint density at radius 3 is 2.57 bits per heavy atom. The first-order chi connectivity index (χ1) is 9.76. The number of benzene rings is 1. The van der Waals surface area contributed by atoms with E-state index in [-0.39, 0.29) is 0 Å². The Balaban J connectivity index is 2.60. The summed E-state index contributed by atoms with van der Waals surface area (Å²) < 4.78 is 12.1. The normalized spacial score (nSPS) is 11.7. The molecule has 1 heterocycles. The van der Waals surface area contributed by atoms with Crippen LogP contribution in [0.15, 0.2) is 18.3 Å². The van der Waals surface area contributed by atoms with Gasteiger partial charge in [-0.3, -0.25) is 4.57 Å². The van der Waals surface area contributed by atoms with Gasteiger partial charge in [0.15, 0.2) is 0 Å². The first-order valence-electron chi connectivity index (χ1n) is 6.43. The average molecular weight is 375 g/mol. The molecule has 0 bridgehead atoms. The minimum atomic E-state index is -0.557. The molecule has 4 nitrogen and oxygen atoms in total. The van der Waals surface area contributed by atoms with Crippen LogP contribution in [-0.2, 0) is 10.1 Å². The van der Waals surface area contributed by atoms with Crippen molar-refractivity contribution in [2.75, 3.05) is 7.11 Å². The zero-order chi connectivity index (χ0) is 15.8. The van der Waals surface area contributed by atoms with E-state index in [9.17, 15) is 4.79 Å². The number of aromatic nitrogens is 1. The molecule has 1 aromatic carbocycles. The molecule has 6 heteroatoms. The number of fused-ring (bicyclic) bond motifs is 1. The van der Waals surface area contributed by atoms with Crippen LogP contribution in [0, 0.1) is 0 Å². The van der Waals surface area contributed by atoms with Gasteiger partial charge in [-0.05, 0) is 38.5 Å². The van der Waals surface area contributed by atoms with Crippen molar-refractivity contribution < 1.29 is 14.3 Å². The van der Waals surface area contributed by atoms with E-state index < -0.39 is 11.7 Å². The van der Waals surface area contributed by atoms with Gasteiger partial charge in [0.25, 0.3) is 0 Å². The summed E-state index contributed by atoms with van der Waals surface area (Å²) in [4.78, 5) is 12.3. The molecule has 0 aliphatic heterocycles. The minimum absolute atomic E-state index is 0.430. The van der Waals surface area contributed by atoms with Crippen LogP contribution in [0.2, 0.25) is 5.02 Å². The van der Waals surface area contributed by atoms with Gasteiger partial charge in [-0.25, -0.2) is 4.79 Å². The highest BCUT2D eigenvalue weighted by Crippen LogP contribution is 2.33. The number of halogens is 2. The molecule has 0 aliphatic carbocycles. The highest BCUT2D eigenvalue weighted by molar-refractivity contribution is 9.08. The van der Waals surface area contributed by atoms with Gasteiger partial charge in [0.2, 0.25) is 0 Å². The third-order valence-corrected chi connectivity index (χ3v) is 3.79. The lowest BCUT2D eigenvalue weighted by Gasteiger charge is -2.19. The van der Waals surface area contributed by atoms with Crippen LogP contribution in [-0.4, -0.2) is 23.4 Å². The molecule has 114 valence electrons. The molecule has 0 fully saturated rings. The number of rotatable bonds is 2. The molecule has 0 spiro atoms. The Morgan fingerprint density at radius 2 is 2.05 bits per heavy atom. The van der Waals surface area contributed by atoms with E-state index in [2.05, 4.69) is 15.9 Å². The first-order valence-corrected chi connectivity index (χ1v) is 7.93. The van der Waals surface area contributed by atoms with Crippen LogP contribution in [0.1, 0.15) is 26.3 Å². The van der Waals surface area contributed by atoms with Crippen molar-refractivity contribution in [3.8, 4) is 5.75 Å². The highest BCUT2D eigenvalue weighted by Gasteiger charge is 2.21. The number of carbonyl (C=O) groups excluding carboxylic acids is 1. The predicted octanol–water partition coefficient (Wildman–Crippen LogP) is 4.98. The molecule has 0 unspecified atom stereocenters. The van der Waals surface area contributed by atoms with E-state index in [1.165, 1.54) is 4.57 Å². The number of carbonyl (C=O) groups is 1. The molecule has 0 amide bonds. The predicted molar refractivity (Wildman–Crippen MR) is 87.8 cm³/mol. The number of ether oxygens (including phenoxy) is 2. The van der Waals surface area contributed by atoms with E-state index >= 15 is 0 Å². The maximum atomic E-state index is 12.3. The molecule has 0 saturated heterocycles. The number of hydrogen-bond acceptors (Lipinski definition) is 3.